The van der Waals surface area contributed by atoms with Crippen LogP contribution >= 0.6 is 11.6 Å². The predicted octanol–water partition coefficient (Wildman–Crippen LogP) is 0.994. The van der Waals surface area contributed by atoms with Crippen LogP contribution in [-0.4, -0.2) is 23.9 Å². The number of hydrogen-bond donors (Lipinski definition) is 2. The number of urea groups is 1. The van der Waals surface area contributed by atoms with E-state index in [0.717, 1.165) is 19.3 Å². The second kappa shape index (κ2) is 5.07. The van der Waals surface area contributed by atoms with Crippen molar-refractivity contribution in [3.05, 3.63) is 0 Å². The molecule has 1 saturated carbocycles. The minimum absolute atomic E-state index is 0.180. The van der Waals surface area contributed by atoms with Gasteiger partial charge in [0, 0.05) is 18.3 Å². The minimum atomic E-state index is -0.403. The second-order valence-electron chi connectivity index (χ2n) is 3.09. The molecule has 4 nitrogen and oxygen atoms in total. The molecule has 0 aromatic carbocycles. The van der Waals surface area contributed by atoms with Gasteiger partial charge < -0.3 is 5.32 Å². The Morgan fingerprint density at radius 3 is 2.54 bits per heavy atom. The van der Waals surface area contributed by atoms with Gasteiger partial charge >= 0.3 is 6.03 Å². The number of carbonyl (C=O) groups is 2. The van der Waals surface area contributed by atoms with Crippen molar-refractivity contribution in [2.75, 3.05) is 5.88 Å². The highest BCUT2D eigenvalue weighted by Gasteiger charge is 2.19. The summed E-state index contributed by atoms with van der Waals surface area (Å²) in [6.07, 6.45) is 3.36. The van der Waals surface area contributed by atoms with Crippen molar-refractivity contribution < 1.29 is 9.59 Å². The Morgan fingerprint density at radius 2 is 2.08 bits per heavy atom. The molecule has 3 amide bonds. The molecule has 0 spiro atoms. The molecule has 0 radical (unpaired) electrons. The first-order valence-electron chi connectivity index (χ1n) is 4.38. The van der Waals surface area contributed by atoms with Gasteiger partial charge in [-0.15, -0.1) is 11.6 Å². The summed E-state index contributed by atoms with van der Waals surface area (Å²) in [6.45, 7) is 0. The van der Waals surface area contributed by atoms with Gasteiger partial charge in [-0.1, -0.05) is 0 Å². The predicted molar refractivity (Wildman–Crippen MR) is 49.7 cm³/mol. The van der Waals surface area contributed by atoms with Crippen LogP contribution in [0.15, 0.2) is 0 Å². The topological polar surface area (TPSA) is 58.2 Å². The molecule has 0 bridgehead atoms. The Morgan fingerprint density at radius 1 is 1.38 bits per heavy atom. The van der Waals surface area contributed by atoms with Crippen LogP contribution in [0.5, 0.6) is 0 Å². The van der Waals surface area contributed by atoms with Gasteiger partial charge in [-0.3, -0.25) is 10.1 Å². The van der Waals surface area contributed by atoms with E-state index in [2.05, 4.69) is 10.6 Å². The number of amides is 3. The van der Waals surface area contributed by atoms with Crippen LogP contribution in [0.2, 0.25) is 0 Å². The van der Waals surface area contributed by atoms with Crippen molar-refractivity contribution in [3.8, 4) is 0 Å². The van der Waals surface area contributed by atoms with Crippen LogP contribution < -0.4 is 10.6 Å². The van der Waals surface area contributed by atoms with Gasteiger partial charge in [0.1, 0.15) is 0 Å². The number of halogens is 1. The van der Waals surface area contributed by atoms with Crippen LogP contribution in [0.4, 0.5) is 4.79 Å². The van der Waals surface area contributed by atoms with E-state index in [1.807, 2.05) is 0 Å². The van der Waals surface area contributed by atoms with E-state index in [1.165, 1.54) is 0 Å². The number of hydrogen-bond acceptors (Lipinski definition) is 2. The highest BCUT2D eigenvalue weighted by molar-refractivity contribution is 6.19. The zero-order valence-electron chi connectivity index (χ0n) is 7.31. The molecule has 0 aromatic rings. The molecule has 74 valence electrons. The van der Waals surface area contributed by atoms with Gasteiger partial charge in [0.15, 0.2) is 0 Å². The van der Waals surface area contributed by atoms with E-state index in [-0.39, 0.29) is 24.2 Å². The Hall–Kier alpha value is -0.770. The van der Waals surface area contributed by atoms with E-state index < -0.39 is 6.03 Å². The summed E-state index contributed by atoms with van der Waals surface area (Å²) in [4.78, 5) is 21.9. The summed E-state index contributed by atoms with van der Waals surface area (Å²) >= 11 is 5.33. The lowest BCUT2D eigenvalue weighted by Gasteiger charge is -2.26. The molecule has 13 heavy (non-hydrogen) atoms. The van der Waals surface area contributed by atoms with E-state index in [4.69, 9.17) is 11.6 Å². The van der Waals surface area contributed by atoms with Gasteiger partial charge in [-0.05, 0) is 19.3 Å². The van der Waals surface area contributed by atoms with Crippen molar-refractivity contribution >= 4 is 23.5 Å². The van der Waals surface area contributed by atoms with E-state index in [1.54, 1.807) is 0 Å². The molecule has 5 heteroatoms. The fourth-order valence-electron chi connectivity index (χ4n) is 1.05. The minimum Gasteiger partial charge on any atom is -0.335 e. The first kappa shape index (κ1) is 10.3. The first-order chi connectivity index (χ1) is 6.22. The van der Waals surface area contributed by atoms with Crippen LogP contribution in [-0.2, 0) is 4.79 Å². The average molecular weight is 205 g/mol. The largest absolute Gasteiger partial charge is 0.335 e. The molecule has 0 atom stereocenters. The summed E-state index contributed by atoms with van der Waals surface area (Å²) < 4.78 is 0. The molecule has 0 aromatic heterocycles. The van der Waals surface area contributed by atoms with Gasteiger partial charge in [0.25, 0.3) is 0 Å². The maximum absolute atomic E-state index is 11.0. The van der Waals surface area contributed by atoms with Crippen molar-refractivity contribution in [1.82, 2.24) is 10.6 Å². The third-order valence-electron chi connectivity index (χ3n) is 2.01. The Kier molecular flexibility index (Phi) is 4.02. The number of alkyl halides is 1. The van der Waals surface area contributed by atoms with Gasteiger partial charge in [-0.25, -0.2) is 4.79 Å². The Labute approximate surface area is 82.0 Å². The number of nitrogens with one attached hydrogen (secondary N) is 2. The number of rotatable bonds is 3. The fourth-order valence-corrected chi connectivity index (χ4v) is 1.22. The quantitative estimate of drug-likeness (QED) is 0.674. The monoisotopic (exact) mass is 204 g/mol. The van der Waals surface area contributed by atoms with Crippen LogP contribution in [0.3, 0.4) is 0 Å². The van der Waals surface area contributed by atoms with E-state index >= 15 is 0 Å². The molecule has 1 aliphatic rings. The Balaban J connectivity index is 2.12. The molecule has 2 N–H and O–H groups in total. The smallest absolute Gasteiger partial charge is 0.321 e. The molecular formula is C8H13ClN2O2. The van der Waals surface area contributed by atoms with E-state index in [0.29, 0.717) is 0 Å². The lowest BCUT2D eigenvalue weighted by Crippen LogP contribution is -2.47. The SMILES string of the molecule is O=C(CCCl)NC(=O)NC1CCC1. The molecule has 0 aliphatic heterocycles. The Bertz CT molecular complexity index is 204. The molecule has 0 unspecified atom stereocenters. The summed E-state index contributed by atoms with van der Waals surface area (Å²) in [5.74, 6) is -0.0884. The second-order valence-corrected chi connectivity index (χ2v) is 3.47. The summed E-state index contributed by atoms with van der Waals surface area (Å²) in [6, 6.07) is -0.149. The van der Waals surface area contributed by atoms with Crippen molar-refractivity contribution in [1.29, 1.82) is 0 Å². The average Bonchev–Trinajstić information content (AvgIpc) is 1.97. The highest BCUT2D eigenvalue weighted by atomic mass is 35.5. The molecular weight excluding hydrogens is 192 g/mol. The fraction of sp³-hybridized carbons (Fsp3) is 0.750. The van der Waals surface area contributed by atoms with Gasteiger partial charge in [-0.2, -0.15) is 0 Å². The zero-order valence-corrected chi connectivity index (χ0v) is 8.06. The molecule has 0 heterocycles. The molecule has 0 saturated heterocycles. The maximum atomic E-state index is 11.0. The van der Waals surface area contributed by atoms with E-state index in [9.17, 15) is 9.59 Å². The highest BCUT2D eigenvalue weighted by Crippen LogP contribution is 2.17. The van der Waals surface area contributed by atoms with Crippen LogP contribution in [0.1, 0.15) is 25.7 Å². The summed E-state index contributed by atoms with van der Waals surface area (Å²) in [5.41, 5.74) is 0. The van der Waals surface area contributed by atoms with Gasteiger partial charge in [0.05, 0.1) is 0 Å². The number of imide groups is 1. The van der Waals surface area contributed by atoms with Gasteiger partial charge in [0.2, 0.25) is 5.91 Å². The van der Waals surface area contributed by atoms with Crippen molar-refractivity contribution in [2.24, 2.45) is 0 Å². The standard InChI is InChI=1S/C8H13ClN2O2/c9-5-4-7(12)11-8(13)10-6-2-1-3-6/h6H,1-5H2,(H2,10,11,12,13). The lowest BCUT2D eigenvalue weighted by atomic mass is 9.93. The molecule has 1 fully saturated rings. The third kappa shape index (κ3) is 3.63. The van der Waals surface area contributed by atoms with Crippen LogP contribution in [0.25, 0.3) is 0 Å². The maximum Gasteiger partial charge on any atom is 0.321 e. The first-order valence-corrected chi connectivity index (χ1v) is 4.92. The summed E-state index contributed by atoms with van der Waals surface area (Å²) in [5, 5.41) is 4.90. The lowest BCUT2D eigenvalue weighted by molar-refractivity contribution is -0.119. The zero-order chi connectivity index (χ0) is 9.68. The molecule has 1 aliphatic carbocycles. The van der Waals surface area contributed by atoms with Crippen molar-refractivity contribution in [3.63, 3.8) is 0 Å². The summed E-state index contributed by atoms with van der Waals surface area (Å²) in [7, 11) is 0. The van der Waals surface area contributed by atoms with Crippen molar-refractivity contribution in [2.45, 2.75) is 31.7 Å². The third-order valence-corrected chi connectivity index (χ3v) is 2.20. The molecule has 1 rings (SSSR count). The number of carbonyl (C=O) groups excluding carboxylic acids is 2. The normalized spacial score (nSPS) is 16.1. The van der Waals surface area contributed by atoms with Crippen LogP contribution in [0, 0.1) is 0 Å².